The maximum Gasteiger partial charge on any atom is 0.326 e. The van der Waals surface area contributed by atoms with Crippen molar-refractivity contribution in [1.82, 2.24) is 5.32 Å². The molecule has 0 heterocycles. The summed E-state index contributed by atoms with van der Waals surface area (Å²) >= 11 is 0. The van der Waals surface area contributed by atoms with Crippen LogP contribution in [0.15, 0.2) is 36.4 Å². The lowest BCUT2D eigenvalue weighted by Crippen LogP contribution is -2.40. The third-order valence-electron chi connectivity index (χ3n) is 2.56. The largest absolute Gasteiger partial charge is 0.496 e. The number of benzene rings is 1. The van der Waals surface area contributed by atoms with Gasteiger partial charge < -0.3 is 15.2 Å². The Hall–Kier alpha value is -2.30. The van der Waals surface area contributed by atoms with E-state index in [-0.39, 0.29) is 6.42 Å². The van der Waals surface area contributed by atoms with Crippen LogP contribution in [-0.2, 0) is 4.79 Å². The summed E-state index contributed by atoms with van der Waals surface area (Å²) in [5, 5.41) is 11.5. The van der Waals surface area contributed by atoms with E-state index in [9.17, 15) is 9.59 Å². The van der Waals surface area contributed by atoms with Crippen LogP contribution < -0.4 is 10.1 Å². The fourth-order valence-corrected chi connectivity index (χ4v) is 1.56. The molecule has 0 saturated carbocycles. The average Bonchev–Trinajstić information content (AvgIpc) is 2.42. The van der Waals surface area contributed by atoms with Crippen LogP contribution in [0.5, 0.6) is 5.75 Å². The van der Waals surface area contributed by atoms with Crippen LogP contribution in [0.4, 0.5) is 0 Å². The fourth-order valence-electron chi connectivity index (χ4n) is 1.56. The quantitative estimate of drug-likeness (QED) is 0.768. The van der Waals surface area contributed by atoms with Crippen molar-refractivity contribution in [3.05, 3.63) is 42.0 Å². The molecule has 0 aromatic heterocycles. The Balaban J connectivity index is 2.84. The van der Waals surface area contributed by atoms with Crippen molar-refractivity contribution < 1.29 is 19.4 Å². The zero-order valence-electron chi connectivity index (χ0n) is 10.9. The second-order valence-electron chi connectivity index (χ2n) is 3.87. The first-order valence-electron chi connectivity index (χ1n) is 5.88. The molecule has 0 aliphatic rings. The lowest BCUT2D eigenvalue weighted by Gasteiger charge is -2.14. The van der Waals surface area contributed by atoms with Gasteiger partial charge in [-0.3, -0.25) is 4.79 Å². The number of carbonyl (C=O) groups is 2. The van der Waals surface area contributed by atoms with Crippen molar-refractivity contribution >= 4 is 11.9 Å². The number of allylic oxidation sites excluding steroid dienone is 1. The van der Waals surface area contributed by atoms with E-state index in [2.05, 4.69) is 5.32 Å². The molecule has 0 saturated heterocycles. The van der Waals surface area contributed by atoms with Gasteiger partial charge in [0, 0.05) is 0 Å². The molecule has 1 unspecified atom stereocenters. The molecule has 0 aliphatic heterocycles. The predicted molar refractivity (Wildman–Crippen MR) is 71.3 cm³/mol. The number of para-hydroxylation sites is 1. The molecule has 5 nitrogen and oxygen atoms in total. The summed E-state index contributed by atoms with van der Waals surface area (Å²) < 4.78 is 5.07. The molecule has 1 aromatic rings. The third kappa shape index (κ3) is 4.13. The monoisotopic (exact) mass is 263 g/mol. The number of ether oxygens (including phenoxy) is 1. The summed E-state index contributed by atoms with van der Waals surface area (Å²) in [6, 6.07) is 5.72. The van der Waals surface area contributed by atoms with Gasteiger partial charge in [-0.05, 0) is 25.5 Å². The van der Waals surface area contributed by atoms with Gasteiger partial charge in [0.05, 0.1) is 12.7 Å². The highest BCUT2D eigenvalue weighted by atomic mass is 16.5. The molecule has 0 bridgehead atoms. The maximum absolute atomic E-state index is 12.0. The summed E-state index contributed by atoms with van der Waals surface area (Å²) in [5.41, 5.74) is 0.316. The van der Waals surface area contributed by atoms with Crippen LogP contribution in [0.25, 0.3) is 0 Å². The van der Waals surface area contributed by atoms with E-state index in [0.29, 0.717) is 11.3 Å². The molecule has 0 fully saturated rings. The Morgan fingerprint density at radius 1 is 1.42 bits per heavy atom. The van der Waals surface area contributed by atoms with E-state index in [4.69, 9.17) is 9.84 Å². The zero-order chi connectivity index (χ0) is 14.3. The highest BCUT2D eigenvalue weighted by molar-refractivity contribution is 5.98. The normalized spacial score (nSPS) is 12.1. The molecule has 0 aliphatic carbocycles. The van der Waals surface area contributed by atoms with Crippen molar-refractivity contribution in [3.63, 3.8) is 0 Å². The van der Waals surface area contributed by atoms with Gasteiger partial charge in [0.25, 0.3) is 5.91 Å². The zero-order valence-corrected chi connectivity index (χ0v) is 10.9. The van der Waals surface area contributed by atoms with Gasteiger partial charge in [-0.15, -0.1) is 0 Å². The van der Waals surface area contributed by atoms with Gasteiger partial charge >= 0.3 is 5.97 Å². The molecule has 1 rings (SSSR count). The molecule has 19 heavy (non-hydrogen) atoms. The number of hydrogen-bond acceptors (Lipinski definition) is 3. The van der Waals surface area contributed by atoms with Crippen LogP contribution in [0.3, 0.4) is 0 Å². The van der Waals surface area contributed by atoms with Crippen LogP contribution in [0.1, 0.15) is 23.7 Å². The Kier molecular flexibility index (Phi) is 5.60. The number of aliphatic carboxylic acids is 1. The molecule has 1 aromatic carbocycles. The standard InChI is InChI=1S/C14H17NO4/c1-3-4-8-11(14(17)18)15-13(16)10-7-5-6-9-12(10)19-2/h3-7,9,11H,8H2,1-2H3,(H,15,16)(H,17,18)/b4-3+. The topological polar surface area (TPSA) is 75.6 Å². The molecule has 2 N–H and O–H groups in total. The van der Waals surface area contributed by atoms with Crippen LogP contribution in [0.2, 0.25) is 0 Å². The first-order valence-corrected chi connectivity index (χ1v) is 5.88. The Morgan fingerprint density at radius 2 is 2.11 bits per heavy atom. The SMILES string of the molecule is C/C=C/CC(NC(=O)c1ccccc1OC)C(=O)O. The number of carboxylic acids is 1. The molecule has 0 spiro atoms. The van der Waals surface area contributed by atoms with E-state index < -0.39 is 17.9 Å². The number of carboxylic acid groups (broad SMARTS) is 1. The van der Waals surface area contributed by atoms with Gasteiger partial charge in [-0.1, -0.05) is 24.3 Å². The number of rotatable bonds is 6. The van der Waals surface area contributed by atoms with Crippen LogP contribution in [0, 0.1) is 0 Å². The molecule has 5 heteroatoms. The molecule has 1 amide bonds. The second kappa shape index (κ2) is 7.20. The highest BCUT2D eigenvalue weighted by Gasteiger charge is 2.20. The molecule has 1 atom stereocenters. The first-order chi connectivity index (χ1) is 9.10. The minimum atomic E-state index is -1.07. The summed E-state index contributed by atoms with van der Waals surface area (Å²) in [4.78, 5) is 23.1. The van der Waals surface area contributed by atoms with Crippen molar-refractivity contribution in [1.29, 1.82) is 0 Å². The number of amides is 1. The van der Waals surface area contributed by atoms with Gasteiger partial charge in [0.2, 0.25) is 0 Å². The van der Waals surface area contributed by atoms with Crippen molar-refractivity contribution in [3.8, 4) is 5.75 Å². The summed E-state index contributed by atoms with van der Waals surface area (Å²) in [5.74, 6) is -1.12. The fraction of sp³-hybridized carbons (Fsp3) is 0.286. The van der Waals surface area contributed by atoms with E-state index in [1.54, 1.807) is 43.3 Å². The summed E-state index contributed by atoms with van der Waals surface area (Å²) in [6.45, 7) is 1.79. The van der Waals surface area contributed by atoms with Gasteiger partial charge in [0.15, 0.2) is 0 Å². The Morgan fingerprint density at radius 3 is 2.68 bits per heavy atom. The number of carbonyl (C=O) groups excluding carboxylic acids is 1. The Labute approximate surface area is 111 Å². The third-order valence-corrected chi connectivity index (χ3v) is 2.56. The van der Waals surface area contributed by atoms with E-state index in [1.165, 1.54) is 7.11 Å². The molecule has 0 radical (unpaired) electrons. The van der Waals surface area contributed by atoms with Gasteiger partial charge in [0.1, 0.15) is 11.8 Å². The lowest BCUT2D eigenvalue weighted by atomic mass is 10.1. The smallest absolute Gasteiger partial charge is 0.326 e. The van der Waals surface area contributed by atoms with Crippen molar-refractivity contribution in [2.45, 2.75) is 19.4 Å². The molecular formula is C14H17NO4. The van der Waals surface area contributed by atoms with Crippen LogP contribution >= 0.6 is 0 Å². The van der Waals surface area contributed by atoms with Crippen LogP contribution in [-0.4, -0.2) is 30.1 Å². The maximum atomic E-state index is 12.0. The minimum absolute atomic E-state index is 0.243. The summed E-state index contributed by atoms with van der Waals surface area (Å²) in [6.07, 6.45) is 3.68. The Bertz CT molecular complexity index is 482. The number of nitrogens with one attached hydrogen (secondary N) is 1. The first kappa shape index (κ1) is 14.8. The summed E-state index contributed by atoms with van der Waals surface area (Å²) in [7, 11) is 1.46. The van der Waals surface area contributed by atoms with Crippen molar-refractivity contribution in [2.75, 3.05) is 7.11 Å². The van der Waals surface area contributed by atoms with E-state index in [0.717, 1.165) is 0 Å². The number of methoxy groups -OCH3 is 1. The van der Waals surface area contributed by atoms with Crippen molar-refractivity contribution in [2.24, 2.45) is 0 Å². The minimum Gasteiger partial charge on any atom is -0.496 e. The lowest BCUT2D eigenvalue weighted by molar-refractivity contribution is -0.139. The highest BCUT2D eigenvalue weighted by Crippen LogP contribution is 2.17. The second-order valence-corrected chi connectivity index (χ2v) is 3.87. The van der Waals surface area contributed by atoms with E-state index >= 15 is 0 Å². The predicted octanol–water partition coefficient (Wildman–Crippen LogP) is 1.84. The van der Waals surface area contributed by atoms with Gasteiger partial charge in [-0.2, -0.15) is 0 Å². The average molecular weight is 263 g/mol. The van der Waals surface area contributed by atoms with Gasteiger partial charge in [-0.25, -0.2) is 4.79 Å². The molecular weight excluding hydrogens is 246 g/mol. The number of hydrogen-bond donors (Lipinski definition) is 2. The van der Waals surface area contributed by atoms with E-state index in [1.807, 2.05) is 0 Å². The molecule has 102 valence electrons.